The zero-order chi connectivity index (χ0) is 9.84. The van der Waals surface area contributed by atoms with Crippen molar-refractivity contribution >= 4 is 17.7 Å². The fourth-order valence-corrected chi connectivity index (χ4v) is 2.65. The predicted octanol–water partition coefficient (Wildman–Crippen LogP) is 2.63. The highest BCUT2D eigenvalue weighted by Crippen LogP contribution is 2.39. The van der Waals surface area contributed by atoms with Crippen molar-refractivity contribution in [3.05, 3.63) is 0 Å². The summed E-state index contributed by atoms with van der Waals surface area (Å²) in [5.41, 5.74) is 0. The Hall–Kier alpha value is -0.180. The van der Waals surface area contributed by atoms with Crippen LogP contribution in [0.5, 0.6) is 0 Å². The third kappa shape index (κ3) is 3.59. The van der Waals surface area contributed by atoms with Crippen LogP contribution in [0.4, 0.5) is 0 Å². The molecule has 0 aromatic carbocycles. The first kappa shape index (κ1) is 10.9. The predicted molar refractivity (Wildman–Crippen MR) is 56.1 cm³/mol. The van der Waals surface area contributed by atoms with Crippen molar-refractivity contribution in [2.45, 2.75) is 38.4 Å². The van der Waals surface area contributed by atoms with E-state index in [4.69, 9.17) is 5.11 Å². The van der Waals surface area contributed by atoms with Crippen LogP contribution in [0, 0.1) is 11.8 Å². The van der Waals surface area contributed by atoms with Crippen LogP contribution in [-0.2, 0) is 4.79 Å². The fraction of sp³-hybridized carbons (Fsp3) is 0.900. The van der Waals surface area contributed by atoms with Crippen molar-refractivity contribution in [3.63, 3.8) is 0 Å². The maximum Gasteiger partial charge on any atom is 0.316 e. The monoisotopic (exact) mass is 202 g/mol. The Balaban J connectivity index is 2.26. The number of carboxylic acid groups (broad SMARTS) is 1. The molecule has 13 heavy (non-hydrogen) atoms. The molecule has 1 N–H and O–H groups in total. The molecule has 0 saturated heterocycles. The van der Waals surface area contributed by atoms with E-state index in [1.54, 1.807) is 11.8 Å². The van der Waals surface area contributed by atoms with Gasteiger partial charge in [0.25, 0.3) is 0 Å². The van der Waals surface area contributed by atoms with Gasteiger partial charge in [0.05, 0.1) is 0 Å². The Morgan fingerprint density at radius 1 is 1.62 bits per heavy atom. The number of hydrogen-bond donors (Lipinski definition) is 1. The quantitative estimate of drug-likeness (QED) is 0.719. The number of thioether (sulfide) groups is 1. The highest BCUT2D eigenvalue weighted by atomic mass is 32.2. The summed E-state index contributed by atoms with van der Waals surface area (Å²) in [6, 6.07) is 0. The van der Waals surface area contributed by atoms with Gasteiger partial charge in [0.1, 0.15) is 5.25 Å². The van der Waals surface area contributed by atoms with Crippen LogP contribution < -0.4 is 0 Å². The third-order valence-corrected chi connectivity index (χ3v) is 4.26. The molecule has 1 aliphatic rings. The van der Waals surface area contributed by atoms with Gasteiger partial charge >= 0.3 is 5.97 Å². The minimum Gasteiger partial charge on any atom is -0.480 e. The lowest BCUT2D eigenvalue weighted by molar-refractivity contribution is -0.136. The van der Waals surface area contributed by atoms with Gasteiger partial charge in [0.2, 0.25) is 0 Å². The molecule has 76 valence electrons. The van der Waals surface area contributed by atoms with E-state index in [1.165, 1.54) is 0 Å². The van der Waals surface area contributed by atoms with Gasteiger partial charge in [0.15, 0.2) is 0 Å². The van der Waals surface area contributed by atoms with Gasteiger partial charge in [-0.3, -0.25) is 4.79 Å². The third-order valence-electron chi connectivity index (χ3n) is 2.55. The van der Waals surface area contributed by atoms with Gasteiger partial charge in [-0.05, 0) is 30.4 Å². The molecule has 3 heteroatoms. The molecule has 1 saturated carbocycles. The number of carbonyl (C=O) groups is 1. The van der Waals surface area contributed by atoms with E-state index in [-0.39, 0.29) is 5.25 Å². The number of rotatable bonds is 6. The largest absolute Gasteiger partial charge is 0.480 e. The Morgan fingerprint density at radius 2 is 2.23 bits per heavy atom. The number of carboxylic acids is 1. The average Bonchev–Trinajstić information content (AvgIpc) is 2.87. The molecule has 2 atom stereocenters. The van der Waals surface area contributed by atoms with Gasteiger partial charge in [-0.2, -0.15) is 0 Å². The lowest BCUT2D eigenvalue weighted by atomic mass is 10.2. The zero-order valence-corrected chi connectivity index (χ0v) is 9.14. The Kier molecular flexibility index (Phi) is 4.10. The van der Waals surface area contributed by atoms with E-state index in [9.17, 15) is 4.79 Å². The second-order valence-electron chi connectivity index (χ2n) is 3.94. The van der Waals surface area contributed by atoms with Gasteiger partial charge < -0.3 is 5.11 Å². The summed E-state index contributed by atoms with van der Waals surface area (Å²) in [5.74, 6) is 1.48. The first-order valence-corrected chi connectivity index (χ1v) is 6.04. The second kappa shape index (κ2) is 4.89. The van der Waals surface area contributed by atoms with Crippen molar-refractivity contribution in [2.24, 2.45) is 11.8 Å². The molecular formula is C10H18O2S. The van der Waals surface area contributed by atoms with E-state index in [0.29, 0.717) is 11.8 Å². The molecule has 0 aromatic heterocycles. The van der Waals surface area contributed by atoms with Gasteiger partial charge in [-0.15, -0.1) is 11.8 Å². The number of hydrogen-bond acceptors (Lipinski definition) is 2. The highest BCUT2D eigenvalue weighted by Gasteiger charge is 2.36. The molecule has 1 rings (SSSR count). The van der Waals surface area contributed by atoms with Crippen LogP contribution in [0.1, 0.15) is 33.1 Å². The van der Waals surface area contributed by atoms with E-state index in [2.05, 4.69) is 13.8 Å². The average molecular weight is 202 g/mol. The summed E-state index contributed by atoms with van der Waals surface area (Å²) < 4.78 is 0. The Bertz CT molecular complexity index is 178. The molecule has 0 amide bonds. The SMILES string of the molecule is CCC(C)CSC(C(=O)O)C1CC1. The van der Waals surface area contributed by atoms with Crippen LogP contribution in [-0.4, -0.2) is 22.1 Å². The summed E-state index contributed by atoms with van der Waals surface area (Å²) >= 11 is 1.63. The van der Waals surface area contributed by atoms with Crippen molar-refractivity contribution in [1.29, 1.82) is 0 Å². The van der Waals surface area contributed by atoms with Crippen LogP contribution in [0.15, 0.2) is 0 Å². The van der Waals surface area contributed by atoms with Gasteiger partial charge in [-0.25, -0.2) is 0 Å². The molecule has 0 bridgehead atoms. The maximum absolute atomic E-state index is 10.9. The molecule has 0 spiro atoms. The fourth-order valence-electron chi connectivity index (χ4n) is 1.19. The van der Waals surface area contributed by atoms with Gasteiger partial charge in [0, 0.05) is 0 Å². The number of aliphatic carboxylic acids is 1. The smallest absolute Gasteiger partial charge is 0.316 e. The summed E-state index contributed by atoms with van der Waals surface area (Å²) in [6.07, 6.45) is 3.37. The molecule has 0 heterocycles. The molecule has 1 fully saturated rings. The first-order valence-electron chi connectivity index (χ1n) is 4.99. The summed E-state index contributed by atoms with van der Waals surface area (Å²) in [5, 5.41) is 8.82. The lowest BCUT2D eigenvalue weighted by Crippen LogP contribution is -2.20. The second-order valence-corrected chi connectivity index (χ2v) is 5.12. The normalized spacial score (nSPS) is 21.1. The van der Waals surface area contributed by atoms with Crippen molar-refractivity contribution in [2.75, 3.05) is 5.75 Å². The topological polar surface area (TPSA) is 37.3 Å². The zero-order valence-electron chi connectivity index (χ0n) is 8.32. The lowest BCUT2D eigenvalue weighted by Gasteiger charge is -2.13. The van der Waals surface area contributed by atoms with E-state index in [1.807, 2.05) is 0 Å². The van der Waals surface area contributed by atoms with Crippen LogP contribution in [0.25, 0.3) is 0 Å². The highest BCUT2D eigenvalue weighted by molar-refractivity contribution is 8.00. The van der Waals surface area contributed by atoms with Crippen molar-refractivity contribution in [1.82, 2.24) is 0 Å². The van der Waals surface area contributed by atoms with E-state index >= 15 is 0 Å². The summed E-state index contributed by atoms with van der Waals surface area (Å²) in [4.78, 5) is 10.9. The minimum absolute atomic E-state index is 0.131. The summed E-state index contributed by atoms with van der Waals surface area (Å²) in [7, 11) is 0. The molecule has 0 aliphatic heterocycles. The first-order chi connectivity index (χ1) is 6.15. The van der Waals surface area contributed by atoms with Crippen LogP contribution >= 0.6 is 11.8 Å². The standard InChI is InChI=1S/C10H18O2S/c1-3-7(2)6-13-9(10(11)12)8-4-5-8/h7-9H,3-6H2,1-2H3,(H,11,12). The molecule has 0 radical (unpaired) electrons. The maximum atomic E-state index is 10.9. The molecule has 1 aliphatic carbocycles. The van der Waals surface area contributed by atoms with Crippen LogP contribution in [0.3, 0.4) is 0 Å². The Labute approximate surface area is 84.1 Å². The summed E-state index contributed by atoms with van der Waals surface area (Å²) in [6.45, 7) is 4.33. The molecular weight excluding hydrogens is 184 g/mol. The van der Waals surface area contributed by atoms with Crippen molar-refractivity contribution in [3.8, 4) is 0 Å². The van der Waals surface area contributed by atoms with E-state index in [0.717, 1.165) is 25.0 Å². The van der Waals surface area contributed by atoms with Crippen molar-refractivity contribution < 1.29 is 9.90 Å². The van der Waals surface area contributed by atoms with E-state index < -0.39 is 5.97 Å². The molecule has 0 aromatic rings. The molecule has 2 nitrogen and oxygen atoms in total. The minimum atomic E-state index is -0.615. The Morgan fingerprint density at radius 3 is 2.62 bits per heavy atom. The van der Waals surface area contributed by atoms with Gasteiger partial charge in [-0.1, -0.05) is 20.3 Å². The van der Waals surface area contributed by atoms with Crippen LogP contribution in [0.2, 0.25) is 0 Å². The molecule has 2 unspecified atom stereocenters.